The van der Waals surface area contributed by atoms with Gasteiger partial charge in [0.25, 0.3) is 0 Å². The summed E-state index contributed by atoms with van der Waals surface area (Å²) in [5, 5.41) is 9.67. The van der Waals surface area contributed by atoms with E-state index in [4.69, 9.17) is 0 Å². The van der Waals surface area contributed by atoms with Gasteiger partial charge in [0.2, 0.25) is 0 Å². The first-order chi connectivity index (χ1) is 8.99. The number of aliphatic hydroxyl groups excluding tert-OH is 1. The highest BCUT2D eigenvalue weighted by molar-refractivity contribution is 9.10. The maximum absolute atomic E-state index is 9.67. The molecule has 3 nitrogen and oxygen atoms in total. The second kappa shape index (κ2) is 6.25. The fourth-order valence-corrected chi connectivity index (χ4v) is 3.36. The molecule has 1 fully saturated rings. The molecule has 1 aliphatic heterocycles. The Hall–Kier alpha value is -0.580. The van der Waals surface area contributed by atoms with Crippen LogP contribution in [0.3, 0.4) is 0 Å². The molecule has 2 rings (SSSR count). The molecule has 1 aromatic rings. The maximum atomic E-state index is 9.67. The third-order valence-electron chi connectivity index (χ3n) is 3.93. The van der Waals surface area contributed by atoms with Crippen molar-refractivity contribution in [1.82, 2.24) is 4.90 Å². The molecule has 4 heteroatoms. The second-order valence-electron chi connectivity index (χ2n) is 5.59. The predicted molar refractivity (Wildman–Crippen MR) is 83.7 cm³/mol. The van der Waals surface area contributed by atoms with Gasteiger partial charge in [-0.15, -0.1) is 0 Å². The summed E-state index contributed by atoms with van der Waals surface area (Å²) in [7, 11) is 4.31. The number of benzene rings is 1. The Morgan fingerprint density at radius 1 is 1.42 bits per heavy atom. The largest absolute Gasteiger partial charge is 0.389 e. The van der Waals surface area contributed by atoms with Crippen LogP contribution in [0.2, 0.25) is 0 Å². The van der Waals surface area contributed by atoms with E-state index in [9.17, 15) is 5.11 Å². The van der Waals surface area contributed by atoms with Crippen LogP contribution in [-0.2, 0) is 0 Å². The van der Waals surface area contributed by atoms with Crippen LogP contribution in [0.25, 0.3) is 0 Å². The van der Waals surface area contributed by atoms with Gasteiger partial charge in [-0.1, -0.05) is 22.0 Å². The van der Waals surface area contributed by atoms with Crippen molar-refractivity contribution in [2.75, 3.05) is 32.1 Å². The summed E-state index contributed by atoms with van der Waals surface area (Å²) in [6.45, 7) is 3.99. The van der Waals surface area contributed by atoms with Crippen LogP contribution in [0.1, 0.15) is 31.4 Å². The summed E-state index contributed by atoms with van der Waals surface area (Å²) >= 11 is 3.56. The molecule has 0 saturated carbocycles. The highest BCUT2D eigenvalue weighted by Gasteiger charge is 2.22. The van der Waals surface area contributed by atoms with Gasteiger partial charge in [0.15, 0.2) is 0 Å². The summed E-state index contributed by atoms with van der Waals surface area (Å²) in [6.07, 6.45) is 2.08. The zero-order valence-electron chi connectivity index (χ0n) is 11.9. The molecular weight excluding hydrogens is 304 g/mol. The Bertz CT molecular complexity index is 434. The first kappa shape index (κ1) is 14.8. The molecule has 1 aromatic carbocycles. The van der Waals surface area contributed by atoms with Crippen molar-refractivity contribution in [2.45, 2.75) is 31.9 Å². The topological polar surface area (TPSA) is 26.7 Å². The van der Waals surface area contributed by atoms with Gasteiger partial charge in [-0.3, -0.25) is 0 Å². The Kier molecular flexibility index (Phi) is 4.87. The molecule has 0 spiro atoms. The number of halogens is 1. The van der Waals surface area contributed by atoms with Gasteiger partial charge in [0.1, 0.15) is 0 Å². The number of hydrogen-bond donors (Lipinski definition) is 1. The third-order valence-corrected chi connectivity index (χ3v) is 4.61. The van der Waals surface area contributed by atoms with Crippen molar-refractivity contribution in [3.63, 3.8) is 0 Å². The van der Waals surface area contributed by atoms with E-state index in [1.54, 1.807) is 6.92 Å². The average molecular weight is 327 g/mol. The Morgan fingerprint density at radius 3 is 2.74 bits per heavy atom. The minimum atomic E-state index is -0.431. The van der Waals surface area contributed by atoms with Gasteiger partial charge in [-0.25, -0.2) is 0 Å². The Labute approximate surface area is 124 Å². The molecule has 1 unspecified atom stereocenters. The molecule has 2 atom stereocenters. The Balaban J connectivity index is 2.15. The average Bonchev–Trinajstić information content (AvgIpc) is 2.38. The number of nitrogens with zero attached hydrogens (tertiary/aromatic N) is 2. The molecule has 1 saturated heterocycles. The molecule has 0 bridgehead atoms. The van der Waals surface area contributed by atoms with E-state index in [-0.39, 0.29) is 0 Å². The third kappa shape index (κ3) is 3.50. The lowest BCUT2D eigenvalue weighted by molar-refractivity contribution is 0.198. The summed E-state index contributed by atoms with van der Waals surface area (Å²) in [5.74, 6) is 0. The van der Waals surface area contributed by atoms with Gasteiger partial charge in [-0.2, -0.15) is 0 Å². The van der Waals surface area contributed by atoms with Crippen LogP contribution >= 0.6 is 15.9 Å². The number of likely N-dealkylation sites (N-methyl/N-ethyl adjacent to an activating group) is 1. The fraction of sp³-hybridized carbons (Fsp3) is 0.600. The lowest BCUT2D eigenvalue weighted by Crippen LogP contribution is -2.45. The Morgan fingerprint density at radius 2 is 2.16 bits per heavy atom. The van der Waals surface area contributed by atoms with Crippen LogP contribution in [-0.4, -0.2) is 43.2 Å². The van der Waals surface area contributed by atoms with E-state index < -0.39 is 6.10 Å². The van der Waals surface area contributed by atoms with E-state index in [1.165, 1.54) is 18.5 Å². The van der Waals surface area contributed by atoms with Gasteiger partial charge in [0, 0.05) is 29.3 Å². The van der Waals surface area contributed by atoms with Crippen LogP contribution in [0.4, 0.5) is 5.69 Å². The molecular formula is C15H23BrN2O. The van der Waals surface area contributed by atoms with Gasteiger partial charge < -0.3 is 14.9 Å². The van der Waals surface area contributed by atoms with Crippen LogP contribution in [0, 0.1) is 0 Å². The monoisotopic (exact) mass is 326 g/mol. The molecule has 0 aliphatic carbocycles. The predicted octanol–water partition coefficient (Wildman–Crippen LogP) is 3.03. The summed E-state index contributed by atoms with van der Waals surface area (Å²) < 4.78 is 0.993. The molecule has 1 N–H and O–H groups in total. The van der Waals surface area contributed by atoms with Crippen LogP contribution in [0.5, 0.6) is 0 Å². The maximum Gasteiger partial charge on any atom is 0.0772 e. The summed E-state index contributed by atoms with van der Waals surface area (Å²) in [6, 6.07) is 6.89. The van der Waals surface area contributed by atoms with Gasteiger partial charge in [0.05, 0.1) is 6.10 Å². The van der Waals surface area contributed by atoms with E-state index in [0.717, 1.165) is 23.1 Å². The van der Waals surface area contributed by atoms with E-state index >= 15 is 0 Å². The lowest BCUT2D eigenvalue weighted by Gasteiger charge is -2.37. The first-order valence-corrected chi connectivity index (χ1v) is 7.67. The quantitative estimate of drug-likeness (QED) is 0.924. The lowest BCUT2D eigenvalue weighted by atomic mass is 10.0. The normalized spacial score (nSPS) is 21.8. The van der Waals surface area contributed by atoms with Crippen molar-refractivity contribution in [3.05, 3.63) is 28.2 Å². The van der Waals surface area contributed by atoms with Crippen molar-refractivity contribution in [2.24, 2.45) is 0 Å². The summed E-state index contributed by atoms with van der Waals surface area (Å²) in [5.41, 5.74) is 2.19. The van der Waals surface area contributed by atoms with Crippen molar-refractivity contribution in [3.8, 4) is 0 Å². The molecule has 0 radical (unpaired) electrons. The molecule has 1 aliphatic rings. The number of aliphatic hydroxyl groups is 1. The zero-order chi connectivity index (χ0) is 14.0. The van der Waals surface area contributed by atoms with Crippen molar-refractivity contribution >= 4 is 21.6 Å². The molecule has 1 heterocycles. The molecule has 106 valence electrons. The summed E-state index contributed by atoms with van der Waals surface area (Å²) in [4.78, 5) is 4.75. The first-order valence-electron chi connectivity index (χ1n) is 6.88. The van der Waals surface area contributed by atoms with E-state index in [0.29, 0.717) is 6.04 Å². The van der Waals surface area contributed by atoms with Gasteiger partial charge in [-0.05, 0) is 51.6 Å². The minimum absolute atomic E-state index is 0.431. The zero-order valence-corrected chi connectivity index (χ0v) is 13.5. The smallest absolute Gasteiger partial charge is 0.0772 e. The second-order valence-corrected chi connectivity index (χ2v) is 6.44. The number of anilines is 1. The molecule has 0 aromatic heterocycles. The van der Waals surface area contributed by atoms with E-state index in [2.05, 4.69) is 52.0 Å². The highest BCUT2D eigenvalue weighted by Crippen LogP contribution is 2.30. The van der Waals surface area contributed by atoms with E-state index in [1.807, 2.05) is 6.07 Å². The molecule has 0 amide bonds. The number of rotatable bonds is 3. The number of hydrogen-bond acceptors (Lipinski definition) is 3. The van der Waals surface area contributed by atoms with Crippen LogP contribution in [0.15, 0.2) is 22.7 Å². The highest BCUT2D eigenvalue weighted by atomic mass is 79.9. The van der Waals surface area contributed by atoms with Crippen molar-refractivity contribution in [1.29, 1.82) is 0 Å². The fourth-order valence-electron chi connectivity index (χ4n) is 2.66. The SMILES string of the molecule is C[C@H](O)c1ccc(N2CCCC(N(C)C)C2)cc1Br. The standard InChI is InChI=1S/C15H23BrN2O/c1-11(19)14-7-6-12(9-15(14)16)18-8-4-5-13(10-18)17(2)3/h6-7,9,11,13,19H,4-5,8,10H2,1-3H3/t11-,13?/m0/s1. The number of piperidine rings is 1. The minimum Gasteiger partial charge on any atom is -0.389 e. The molecule has 19 heavy (non-hydrogen) atoms. The van der Waals surface area contributed by atoms with Crippen LogP contribution < -0.4 is 4.90 Å². The van der Waals surface area contributed by atoms with Crippen molar-refractivity contribution < 1.29 is 5.11 Å². The van der Waals surface area contributed by atoms with Gasteiger partial charge >= 0.3 is 0 Å².